The molecule has 0 saturated carbocycles. The third kappa shape index (κ3) is 3.30. The minimum absolute atomic E-state index is 0.0437. The molecule has 5 nitrogen and oxygen atoms in total. The van der Waals surface area contributed by atoms with Crippen molar-refractivity contribution < 1.29 is 17.9 Å². The van der Waals surface area contributed by atoms with Crippen LogP contribution in [0.2, 0.25) is 0 Å². The van der Waals surface area contributed by atoms with Crippen molar-refractivity contribution in [2.24, 2.45) is 0 Å². The Morgan fingerprint density at radius 1 is 1.12 bits per heavy atom. The molecule has 1 aromatic heterocycles. The van der Waals surface area contributed by atoms with Gasteiger partial charge in [-0.2, -0.15) is 13.2 Å². The van der Waals surface area contributed by atoms with Crippen molar-refractivity contribution in [3.05, 3.63) is 54.0 Å². The highest BCUT2D eigenvalue weighted by atomic mass is 32.2. The molecule has 2 N–H and O–H groups in total. The van der Waals surface area contributed by atoms with Crippen LogP contribution in [-0.4, -0.2) is 28.7 Å². The summed E-state index contributed by atoms with van der Waals surface area (Å²) in [5, 5.41) is 15.8. The maximum atomic E-state index is 13.1. The van der Waals surface area contributed by atoms with Crippen LogP contribution in [-0.2, 0) is 0 Å². The van der Waals surface area contributed by atoms with E-state index in [0.29, 0.717) is 15.2 Å². The molecule has 134 valence electrons. The summed E-state index contributed by atoms with van der Waals surface area (Å²) >= 11 is 1.01. The number of methoxy groups -OCH3 is 1. The number of halogens is 3. The summed E-state index contributed by atoms with van der Waals surface area (Å²) in [6.45, 7) is 0. The van der Waals surface area contributed by atoms with Crippen LogP contribution < -0.4 is 10.2 Å². The summed E-state index contributed by atoms with van der Waals surface area (Å²) in [5.74, 6) is -1.12. The van der Waals surface area contributed by atoms with E-state index in [4.69, 9.17) is 15.6 Å². The molecule has 3 aromatic rings. The Labute approximate surface area is 150 Å². The minimum atomic E-state index is -4.89. The Kier molecular flexibility index (Phi) is 4.73. The number of alkyl halides is 3. The maximum Gasteiger partial charge on any atom is 0.449 e. The average Bonchev–Trinajstić information content (AvgIpc) is 2.61. The molecular formula is C17H13F3N4OS. The Bertz CT molecular complexity index is 1050. The van der Waals surface area contributed by atoms with Crippen molar-refractivity contribution in [1.82, 2.24) is 9.55 Å². The van der Waals surface area contributed by atoms with Gasteiger partial charge >= 0.3 is 6.18 Å². The van der Waals surface area contributed by atoms with Crippen LogP contribution >= 0.6 is 11.8 Å². The van der Waals surface area contributed by atoms with Crippen LogP contribution in [0.1, 0.15) is 0 Å². The van der Waals surface area contributed by atoms with E-state index >= 15 is 0 Å². The zero-order chi connectivity index (χ0) is 18.9. The molecule has 2 aromatic carbocycles. The number of ether oxygens (including phenoxy) is 1. The first-order valence-corrected chi connectivity index (χ1v) is 8.18. The molecule has 3 rings (SSSR count). The van der Waals surface area contributed by atoms with Gasteiger partial charge < -0.3 is 4.74 Å². The molecule has 26 heavy (non-hydrogen) atoms. The number of nitrogens with zero attached hydrogens (tertiary/aromatic N) is 2. The monoisotopic (exact) mass is 378 g/mol. The van der Waals surface area contributed by atoms with E-state index in [-0.39, 0.29) is 16.1 Å². The Balaban J connectivity index is 2.23. The first-order chi connectivity index (χ1) is 12.3. The molecule has 0 spiro atoms. The molecular weight excluding hydrogens is 365 g/mol. The van der Waals surface area contributed by atoms with E-state index < -0.39 is 17.5 Å². The number of aromatic nitrogens is 2. The van der Waals surface area contributed by atoms with Crippen molar-refractivity contribution in [2.45, 2.75) is 16.1 Å². The van der Waals surface area contributed by atoms with Gasteiger partial charge in [-0.25, -0.2) is 4.98 Å². The van der Waals surface area contributed by atoms with Crippen LogP contribution in [0.15, 0.2) is 58.5 Å². The summed E-state index contributed by atoms with van der Waals surface area (Å²) in [5.41, 5.74) is -0.207. The fraction of sp³-hybridized carbons (Fsp3) is 0.118. The van der Waals surface area contributed by atoms with E-state index in [9.17, 15) is 13.2 Å². The third-order valence-corrected chi connectivity index (χ3v) is 4.57. The highest BCUT2D eigenvalue weighted by Gasteiger charge is 2.37. The Morgan fingerprint density at radius 2 is 1.77 bits per heavy atom. The van der Waals surface area contributed by atoms with Gasteiger partial charge in [0, 0.05) is 0 Å². The first kappa shape index (κ1) is 18.0. The summed E-state index contributed by atoms with van der Waals surface area (Å²) in [4.78, 5) is 4.91. The lowest BCUT2D eigenvalue weighted by Gasteiger charge is -2.16. The van der Waals surface area contributed by atoms with Crippen molar-refractivity contribution in [1.29, 1.82) is 10.8 Å². The average molecular weight is 378 g/mol. The number of rotatable bonds is 3. The van der Waals surface area contributed by atoms with E-state index in [1.54, 1.807) is 36.4 Å². The van der Waals surface area contributed by atoms with Gasteiger partial charge in [-0.15, -0.1) is 0 Å². The van der Waals surface area contributed by atoms with E-state index in [1.807, 2.05) is 0 Å². The molecule has 0 aliphatic rings. The molecule has 0 saturated heterocycles. The zero-order valence-corrected chi connectivity index (χ0v) is 14.3. The van der Waals surface area contributed by atoms with Gasteiger partial charge in [-0.1, -0.05) is 36.0 Å². The quantitative estimate of drug-likeness (QED) is 0.533. The largest absolute Gasteiger partial charge is 0.496 e. The van der Waals surface area contributed by atoms with Gasteiger partial charge in [0.15, 0.2) is 5.49 Å². The first-order valence-electron chi connectivity index (χ1n) is 7.36. The van der Waals surface area contributed by atoms with E-state index in [0.717, 1.165) is 11.8 Å². The lowest BCUT2D eigenvalue weighted by Crippen LogP contribution is -2.38. The number of benzene rings is 2. The number of fused-ring (bicyclic) bond motifs is 1. The summed E-state index contributed by atoms with van der Waals surface area (Å²) < 4.78 is 45.2. The molecule has 0 aliphatic carbocycles. The normalized spacial score (nSPS) is 11.5. The topological polar surface area (TPSA) is 74.8 Å². The Hall–Kier alpha value is -2.81. The number of nitrogens with one attached hydrogen (secondary N) is 2. The Morgan fingerprint density at radius 3 is 2.46 bits per heavy atom. The van der Waals surface area contributed by atoms with Gasteiger partial charge in [-0.3, -0.25) is 15.4 Å². The predicted octanol–water partition coefficient (Wildman–Crippen LogP) is 4.06. The predicted molar refractivity (Wildman–Crippen MR) is 91.9 cm³/mol. The lowest BCUT2D eigenvalue weighted by atomic mass is 10.3. The summed E-state index contributed by atoms with van der Waals surface area (Å²) in [6, 6.07) is 13.1. The summed E-state index contributed by atoms with van der Waals surface area (Å²) in [6.07, 6.45) is -4.89. The third-order valence-electron chi connectivity index (χ3n) is 3.54. The second-order valence-corrected chi connectivity index (χ2v) is 6.22. The van der Waals surface area contributed by atoms with Crippen LogP contribution in [0, 0.1) is 10.8 Å². The van der Waals surface area contributed by atoms with Crippen LogP contribution in [0.3, 0.4) is 0 Å². The smallest absolute Gasteiger partial charge is 0.449 e. The van der Waals surface area contributed by atoms with E-state index in [2.05, 4.69) is 4.98 Å². The molecule has 0 amide bonds. The van der Waals surface area contributed by atoms with Gasteiger partial charge in [-0.05, 0) is 24.3 Å². The number of para-hydroxylation sites is 3. The highest BCUT2D eigenvalue weighted by Crippen LogP contribution is 2.33. The fourth-order valence-corrected chi connectivity index (χ4v) is 3.30. The van der Waals surface area contributed by atoms with Gasteiger partial charge in [0.2, 0.25) is 5.84 Å². The zero-order valence-electron chi connectivity index (χ0n) is 13.5. The number of hydrogen-bond acceptors (Lipinski definition) is 5. The standard InChI is InChI=1S/C17H13F3N4OS/c1-25-12-8-4-5-9-13(12)26-15-14(21)24(16(22)17(18,19)20)11-7-3-2-6-10(11)23-15/h2-9,21-22H,1H3. The highest BCUT2D eigenvalue weighted by molar-refractivity contribution is 7.99. The molecule has 0 atom stereocenters. The van der Waals surface area contributed by atoms with Crippen molar-refractivity contribution in [3.8, 4) is 5.75 Å². The maximum absolute atomic E-state index is 13.1. The molecule has 0 bridgehead atoms. The van der Waals surface area contributed by atoms with E-state index in [1.165, 1.54) is 19.2 Å². The second kappa shape index (κ2) is 6.83. The van der Waals surface area contributed by atoms with Gasteiger partial charge in [0.25, 0.3) is 0 Å². The van der Waals surface area contributed by atoms with Crippen molar-refractivity contribution in [3.63, 3.8) is 0 Å². The summed E-state index contributed by atoms with van der Waals surface area (Å²) in [7, 11) is 1.48. The van der Waals surface area contributed by atoms with Crippen LogP contribution in [0.25, 0.3) is 11.0 Å². The number of hydrogen-bond donors (Lipinski definition) is 2. The van der Waals surface area contributed by atoms with Crippen molar-refractivity contribution in [2.75, 3.05) is 7.11 Å². The minimum Gasteiger partial charge on any atom is -0.496 e. The molecule has 0 unspecified atom stereocenters. The molecule has 0 aliphatic heterocycles. The fourth-order valence-electron chi connectivity index (χ4n) is 2.36. The van der Waals surface area contributed by atoms with Crippen LogP contribution in [0.5, 0.6) is 5.75 Å². The molecule has 0 fully saturated rings. The van der Waals surface area contributed by atoms with Gasteiger partial charge in [0.1, 0.15) is 10.8 Å². The second-order valence-electron chi connectivity index (χ2n) is 5.19. The lowest BCUT2D eigenvalue weighted by molar-refractivity contribution is -0.0624. The van der Waals surface area contributed by atoms with Gasteiger partial charge in [0.05, 0.1) is 23.0 Å². The molecule has 9 heteroatoms. The molecule has 1 heterocycles. The van der Waals surface area contributed by atoms with Crippen LogP contribution in [0.4, 0.5) is 13.2 Å². The van der Waals surface area contributed by atoms with Crippen molar-refractivity contribution >= 4 is 28.6 Å². The molecule has 0 radical (unpaired) electrons. The SMILES string of the molecule is COc1ccccc1Sc1nc2ccccc2n(C(=N)C(F)(F)F)c1=N.